The van der Waals surface area contributed by atoms with Crippen LogP contribution in [0.4, 0.5) is 0 Å². The van der Waals surface area contributed by atoms with Crippen molar-refractivity contribution < 1.29 is 8.42 Å². The Balaban J connectivity index is 2.63. The van der Waals surface area contributed by atoms with Crippen molar-refractivity contribution >= 4 is 14.7 Å². The smallest absolute Gasteiger partial charge is 0.214 e. The Labute approximate surface area is 124 Å². The zero-order chi connectivity index (χ0) is 15.3. The number of benzene rings is 2. The van der Waals surface area contributed by atoms with Crippen molar-refractivity contribution in [3.63, 3.8) is 0 Å². The van der Waals surface area contributed by atoms with E-state index in [2.05, 4.69) is 12.3 Å². The molecule has 2 aromatic carbocycles. The first-order chi connectivity index (χ1) is 10.1. The van der Waals surface area contributed by atoms with Gasteiger partial charge in [0, 0.05) is 5.56 Å². The number of nitriles is 1. The largest absolute Gasteiger partial charge is 0.218 e. The number of nitrogens with zero attached hydrogens (tertiary/aromatic N) is 1. The van der Waals surface area contributed by atoms with E-state index < -0.39 is 9.84 Å². The molecule has 0 aliphatic heterocycles. The second-order valence-electron chi connectivity index (χ2n) is 4.31. The van der Waals surface area contributed by atoms with E-state index in [1.54, 1.807) is 42.5 Å². The van der Waals surface area contributed by atoms with E-state index in [9.17, 15) is 8.42 Å². The maximum atomic E-state index is 12.7. The van der Waals surface area contributed by atoms with E-state index in [-0.39, 0.29) is 16.2 Å². The van der Waals surface area contributed by atoms with Gasteiger partial charge in [0.25, 0.3) is 0 Å². The van der Waals surface area contributed by atoms with Crippen LogP contribution in [0.3, 0.4) is 0 Å². The maximum absolute atomic E-state index is 12.7. The van der Waals surface area contributed by atoms with Gasteiger partial charge in [-0.05, 0) is 17.7 Å². The van der Waals surface area contributed by atoms with Crippen LogP contribution in [-0.4, -0.2) is 8.42 Å². The molecule has 0 aromatic heterocycles. The Hall–Kier alpha value is -2.60. The molecule has 0 radical (unpaired) electrons. The summed E-state index contributed by atoms with van der Waals surface area (Å²) in [5, 5.41) is 8.87. The van der Waals surface area contributed by atoms with Gasteiger partial charge in [0.05, 0.1) is 17.4 Å². The molecule has 0 fully saturated rings. The van der Waals surface area contributed by atoms with Crippen LogP contribution >= 0.6 is 0 Å². The highest BCUT2D eigenvalue weighted by atomic mass is 32.2. The third-order valence-electron chi connectivity index (χ3n) is 3.01. The first-order valence-electron chi connectivity index (χ1n) is 6.26. The minimum atomic E-state index is -3.71. The molecule has 3 nitrogen and oxygen atoms in total. The van der Waals surface area contributed by atoms with Gasteiger partial charge >= 0.3 is 0 Å². The predicted octanol–water partition coefficient (Wildman–Crippen LogP) is 3.35. The molecule has 21 heavy (non-hydrogen) atoms. The van der Waals surface area contributed by atoms with Crippen LogP contribution < -0.4 is 0 Å². The summed E-state index contributed by atoms with van der Waals surface area (Å²) in [5.41, 5.74) is 3.64. The number of hydrogen-bond acceptors (Lipinski definition) is 3. The number of hydrogen-bond donors (Lipinski definition) is 0. The SMILES string of the molecule is C=C=C(c1ccccc1CC#N)S(=O)(=O)c1ccccc1. The van der Waals surface area contributed by atoms with Gasteiger partial charge in [0.1, 0.15) is 4.91 Å². The molecule has 0 saturated heterocycles. The highest BCUT2D eigenvalue weighted by molar-refractivity contribution is 8.00. The molecule has 0 unspecified atom stereocenters. The van der Waals surface area contributed by atoms with Crippen LogP contribution in [0.15, 0.2) is 71.8 Å². The molecule has 0 aliphatic carbocycles. The summed E-state index contributed by atoms with van der Waals surface area (Å²) in [6, 6.07) is 17.1. The zero-order valence-corrected chi connectivity index (χ0v) is 12.1. The van der Waals surface area contributed by atoms with Gasteiger partial charge < -0.3 is 0 Å². The van der Waals surface area contributed by atoms with E-state index in [0.717, 1.165) is 0 Å². The minimum Gasteiger partial charge on any atom is -0.218 e. The van der Waals surface area contributed by atoms with E-state index >= 15 is 0 Å². The van der Waals surface area contributed by atoms with Crippen molar-refractivity contribution in [2.24, 2.45) is 0 Å². The van der Waals surface area contributed by atoms with Crippen molar-refractivity contribution in [3.8, 4) is 6.07 Å². The highest BCUT2D eigenvalue weighted by Crippen LogP contribution is 2.29. The lowest BCUT2D eigenvalue weighted by atomic mass is 10.1. The summed E-state index contributed by atoms with van der Waals surface area (Å²) < 4.78 is 25.4. The molecular formula is C17H13NO2S. The fraction of sp³-hybridized carbons (Fsp3) is 0.0588. The average molecular weight is 295 g/mol. The van der Waals surface area contributed by atoms with Gasteiger partial charge in [-0.15, -0.1) is 5.73 Å². The number of rotatable bonds is 4. The van der Waals surface area contributed by atoms with Crippen LogP contribution in [0, 0.1) is 11.3 Å². The van der Waals surface area contributed by atoms with Crippen molar-refractivity contribution in [2.75, 3.05) is 0 Å². The first-order valence-corrected chi connectivity index (χ1v) is 7.75. The van der Waals surface area contributed by atoms with Crippen molar-refractivity contribution in [1.29, 1.82) is 5.26 Å². The van der Waals surface area contributed by atoms with E-state index in [1.807, 2.05) is 6.07 Å². The molecule has 2 rings (SSSR count). The highest BCUT2D eigenvalue weighted by Gasteiger charge is 2.23. The Kier molecular flexibility index (Phi) is 4.39. The fourth-order valence-electron chi connectivity index (χ4n) is 2.03. The topological polar surface area (TPSA) is 57.9 Å². The van der Waals surface area contributed by atoms with Gasteiger partial charge in [-0.1, -0.05) is 49.0 Å². The molecule has 0 N–H and O–H groups in total. The zero-order valence-electron chi connectivity index (χ0n) is 11.3. The standard InChI is InChI=1S/C17H13NO2S/c1-2-17(16-11-7-6-8-14(16)12-13-18)21(19,20)15-9-4-3-5-10-15/h3-11H,1,12H2. The summed E-state index contributed by atoms with van der Waals surface area (Å²) >= 11 is 0. The normalized spacial score (nSPS) is 10.4. The molecule has 0 aliphatic rings. The van der Waals surface area contributed by atoms with Gasteiger partial charge in [0.2, 0.25) is 9.84 Å². The lowest BCUT2D eigenvalue weighted by molar-refractivity contribution is 0.606. The second kappa shape index (κ2) is 6.23. The van der Waals surface area contributed by atoms with Gasteiger partial charge in [-0.25, -0.2) is 8.42 Å². The Morgan fingerprint density at radius 1 is 1.05 bits per heavy atom. The molecule has 4 heteroatoms. The third-order valence-corrected chi connectivity index (χ3v) is 4.81. The summed E-state index contributed by atoms with van der Waals surface area (Å²) in [6.45, 7) is 3.51. The minimum absolute atomic E-state index is 0.000417. The maximum Gasteiger partial charge on any atom is 0.214 e. The molecule has 0 amide bonds. The van der Waals surface area contributed by atoms with Crippen LogP contribution in [-0.2, 0) is 16.3 Å². The number of sulfone groups is 1. The van der Waals surface area contributed by atoms with Gasteiger partial charge in [0.15, 0.2) is 0 Å². The van der Waals surface area contributed by atoms with Gasteiger partial charge in [-0.3, -0.25) is 0 Å². The average Bonchev–Trinajstić information content (AvgIpc) is 2.51. The molecule has 0 saturated carbocycles. The summed E-state index contributed by atoms with van der Waals surface area (Å²) in [6.07, 6.45) is 0.131. The van der Waals surface area contributed by atoms with Crippen LogP contribution in [0.1, 0.15) is 11.1 Å². The van der Waals surface area contributed by atoms with Crippen molar-refractivity contribution in [2.45, 2.75) is 11.3 Å². The molecule has 104 valence electrons. The molecule has 0 bridgehead atoms. The molecule has 0 heterocycles. The predicted molar refractivity (Wildman–Crippen MR) is 81.9 cm³/mol. The fourth-order valence-corrected chi connectivity index (χ4v) is 3.46. The van der Waals surface area contributed by atoms with E-state index in [4.69, 9.17) is 5.26 Å². The van der Waals surface area contributed by atoms with Crippen LogP contribution in [0.2, 0.25) is 0 Å². The Morgan fingerprint density at radius 3 is 2.29 bits per heavy atom. The van der Waals surface area contributed by atoms with Crippen LogP contribution in [0.25, 0.3) is 4.91 Å². The molecule has 0 atom stereocenters. The third kappa shape index (κ3) is 2.95. The Bertz CT molecular complexity index is 840. The van der Waals surface area contributed by atoms with E-state index in [0.29, 0.717) is 11.1 Å². The first kappa shape index (κ1) is 14.8. The lowest BCUT2D eigenvalue weighted by Crippen LogP contribution is -2.05. The van der Waals surface area contributed by atoms with E-state index in [1.165, 1.54) is 12.1 Å². The van der Waals surface area contributed by atoms with Crippen molar-refractivity contribution in [3.05, 3.63) is 78.0 Å². The second-order valence-corrected chi connectivity index (χ2v) is 6.20. The van der Waals surface area contributed by atoms with Crippen molar-refractivity contribution in [1.82, 2.24) is 0 Å². The lowest BCUT2D eigenvalue weighted by Gasteiger charge is -2.10. The summed E-state index contributed by atoms with van der Waals surface area (Å²) in [4.78, 5) is 0.183. The Morgan fingerprint density at radius 2 is 1.67 bits per heavy atom. The van der Waals surface area contributed by atoms with Crippen LogP contribution in [0.5, 0.6) is 0 Å². The summed E-state index contributed by atoms with van der Waals surface area (Å²) in [5.74, 6) is 0. The monoisotopic (exact) mass is 295 g/mol. The molecule has 2 aromatic rings. The van der Waals surface area contributed by atoms with Gasteiger partial charge in [-0.2, -0.15) is 5.26 Å². The summed E-state index contributed by atoms with van der Waals surface area (Å²) in [7, 11) is -3.71. The quantitative estimate of drug-likeness (QED) is 0.813. The molecule has 0 spiro atoms. The molecular weight excluding hydrogens is 282 g/mol.